The number of carbonyl (C=O) groups is 1. The van der Waals surface area contributed by atoms with Crippen LogP contribution in [0.25, 0.3) is 22.2 Å². The van der Waals surface area contributed by atoms with Crippen molar-refractivity contribution in [2.45, 2.75) is 31.8 Å². The Balaban J connectivity index is 1.56. The van der Waals surface area contributed by atoms with Crippen LogP contribution in [0.1, 0.15) is 19.0 Å². The van der Waals surface area contributed by atoms with E-state index in [0.29, 0.717) is 12.4 Å². The molecule has 1 aliphatic rings. The Bertz CT molecular complexity index is 1340. The first-order valence-corrected chi connectivity index (χ1v) is 10.9. The number of hydrogen-bond acceptors (Lipinski definition) is 5. The monoisotopic (exact) mass is 439 g/mol. The van der Waals surface area contributed by atoms with Crippen molar-refractivity contribution in [3.8, 4) is 22.6 Å². The molecule has 1 unspecified atom stereocenters. The predicted octanol–water partition coefficient (Wildman–Crippen LogP) is 4.48. The van der Waals surface area contributed by atoms with Gasteiger partial charge in [-0.3, -0.25) is 4.79 Å². The molecule has 0 spiro atoms. The van der Waals surface area contributed by atoms with E-state index in [0.717, 1.165) is 52.2 Å². The van der Waals surface area contributed by atoms with Crippen LogP contribution in [0.4, 0.5) is 5.82 Å². The highest BCUT2D eigenvalue weighted by Crippen LogP contribution is 2.41. The van der Waals surface area contributed by atoms with Crippen molar-refractivity contribution in [3.63, 3.8) is 0 Å². The Morgan fingerprint density at radius 2 is 1.88 bits per heavy atom. The summed E-state index contributed by atoms with van der Waals surface area (Å²) in [5, 5.41) is 3.91. The average Bonchev–Trinajstić information content (AvgIpc) is 3.14. The lowest BCUT2D eigenvalue weighted by atomic mass is 9.89. The number of ether oxygens (including phenoxy) is 1. The third kappa shape index (κ3) is 3.82. The molecule has 4 aromatic rings. The number of para-hydroxylation sites is 1. The number of nitrogens with one attached hydrogen (secondary N) is 1. The van der Waals surface area contributed by atoms with Gasteiger partial charge < -0.3 is 20.4 Å². The molecule has 0 fully saturated rings. The molecule has 0 saturated carbocycles. The number of anilines is 1. The average molecular weight is 440 g/mol. The van der Waals surface area contributed by atoms with Crippen LogP contribution in [-0.2, 0) is 17.8 Å². The maximum Gasteiger partial charge on any atom is 0.243 e. The van der Waals surface area contributed by atoms with Gasteiger partial charge in [-0.25, -0.2) is 9.97 Å². The van der Waals surface area contributed by atoms with Gasteiger partial charge >= 0.3 is 0 Å². The van der Waals surface area contributed by atoms with Crippen LogP contribution < -0.4 is 15.8 Å². The van der Waals surface area contributed by atoms with E-state index in [-0.39, 0.29) is 5.91 Å². The van der Waals surface area contributed by atoms with E-state index in [2.05, 4.69) is 26.4 Å². The van der Waals surface area contributed by atoms with Crippen LogP contribution in [0, 0.1) is 0 Å². The molecular formula is C26H25N5O2. The zero-order chi connectivity index (χ0) is 23.0. The van der Waals surface area contributed by atoms with Gasteiger partial charge in [0.2, 0.25) is 5.91 Å². The Morgan fingerprint density at radius 3 is 2.61 bits per heavy atom. The van der Waals surface area contributed by atoms with Gasteiger partial charge in [-0.05, 0) is 55.7 Å². The Hall–Kier alpha value is -4.13. The molecule has 0 aliphatic carbocycles. The third-order valence-electron chi connectivity index (χ3n) is 6.13. The normalized spacial score (nSPS) is 17.4. The van der Waals surface area contributed by atoms with Gasteiger partial charge in [0.15, 0.2) is 0 Å². The van der Waals surface area contributed by atoms with Crippen LogP contribution in [0.2, 0.25) is 0 Å². The lowest BCUT2D eigenvalue weighted by Gasteiger charge is -2.36. The Kier molecular flexibility index (Phi) is 5.09. The number of hydrogen-bond donors (Lipinski definition) is 2. The number of fused-ring (bicyclic) bond motifs is 3. The standard InChI is InChI=1S/C26H25N5O2/c1-3-21(32)30-26(2)14-13-20-22(23-24(27)28-16-29-25(23)31(20)15-26)17-9-11-19(12-10-17)33-18-7-5-4-6-8-18/h3-12,16H,1,13-15H2,2H3,(H,30,32)(H2,27,28,29). The molecule has 166 valence electrons. The highest BCUT2D eigenvalue weighted by atomic mass is 16.5. The van der Waals surface area contributed by atoms with Crippen LogP contribution in [-0.4, -0.2) is 26.0 Å². The number of carbonyl (C=O) groups excluding carboxylic acids is 1. The molecular weight excluding hydrogens is 414 g/mol. The van der Waals surface area contributed by atoms with Crippen LogP contribution in [0.15, 0.2) is 73.6 Å². The summed E-state index contributed by atoms with van der Waals surface area (Å²) in [6, 6.07) is 17.7. The number of nitrogens with zero attached hydrogens (tertiary/aromatic N) is 3. The van der Waals surface area contributed by atoms with Gasteiger partial charge in [-0.2, -0.15) is 0 Å². The molecule has 0 bridgehead atoms. The van der Waals surface area contributed by atoms with E-state index in [1.54, 1.807) is 0 Å². The second-order valence-corrected chi connectivity index (χ2v) is 8.56. The zero-order valence-electron chi connectivity index (χ0n) is 18.4. The SMILES string of the molecule is C=CC(=O)NC1(C)CCc2c(-c3ccc(Oc4ccccc4)cc3)c3c(N)ncnc3n2C1. The molecule has 0 radical (unpaired) electrons. The maximum atomic E-state index is 12.0. The third-order valence-corrected chi connectivity index (χ3v) is 6.13. The number of benzene rings is 2. The predicted molar refractivity (Wildman–Crippen MR) is 129 cm³/mol. The first-order chi connectivity index (χ1) is 16.0. The molecule has 2 aromatic heterocycles. The Labute approximate surface area is 191 Å². The van der Waals surface area contributed by atoms with E-state index in [1.165, 1.54) is 12.4 Å². The first kappa shape index (κ1) is 20.8. The molecule has 7 nitrogen and oxygen atoms in total. The fraction of sp³-hybridized carbons (Fsp3) is 0.192. The molecule has 3 N–H and O–H groups in total. The molecule has 5 rings (SSSR count). The quantitative estimate of drug-likeness (QED) is 0.447. The Morgan fingerprint density at radius 1 is 1.15 bits per heavy atom. The minimum absolute atomic E-state index is 0.180. The van der Waals surface area contributed by atoms with E-state index in [4.69, 9.17) is 10.5 Å². The van der Waals surface area contributed by atoms with Crippen LogP contribution >= 0.6 is 0 Å². The van der Waals surface area contributed by atoms with Gasteiger partial charge in [0, 0.05) is 17.8 Å². The summed E-state index contributed by atoms with van der Waals surface area (Å²) in [6.07, 6.45) is 4.35. The molecule has 0 saturated heterocycles. The largest absolute Gasteiger partial charge is 0.457 e. The molecule has 33 heavy (non-hydrogen) atoms. The summed E-state index contributed by atoms with van der Waals surface area (Å²) >= 11 is 0. The molecule has 1 atom stereocenters. The summed E-state index contributed by atoms with van der Waals surface area (Å²) in [6.45, 7) is 6.21. The van der Waals surface area contributed by atoms with Gasteiger partial charge in [-0.15, -0.1) is 0 Å². The summed E-state index contributed by atoms with van der Waals surface area (Å²) in [7, 11) is 0. The number of rotatable bonds is 5. The summed E-state index contributed by atoms with van der Waals surface area (Å²) in [5.41, 5.74) is 9.90. The number of nitrogen functional groups attached to an aromatic ring is 1. The maximum absolute atomic E-state index is 12.0. The highest BCUT2D eigenvalue weighted by Gasteiger charge is 2.35. The van der Waals surface area contributed by atoms with E-state index < -0.39 is 5.54 Å². The second kappa shape index (κ2) is 8.09. The molecule has 2 aromatic carbocycles. The number of aromatic nitrogens is 3. The highest BCUT2D eigenvalue weighted by molar-refractivity contribution is 6.02. The van der Waals surface area contributed by atoms with Crippen molar-refractivity contribution in [1.82, 2.24) is 19.9 Å². The van der Waals surface area contributed by atoms with Crippen molar-refractivity contribution in [2.75, 3.05) is 5.73 Å². The van der Waals surface area contributed by atoms with Crippen LogP contribution in [0.5, 0.6) is 11.5 Å². The summed E-state index contributed by atoms with van der Waals surface area (Å²) < 4.78 is 8.10. The molecule has 1 amide bonds. The van der Waals surface area contributed by atoms with E-state index >= 15 is 0 Å². The summed E-state index contributed by atoms with van der Waals surface area (Å²) in [4.78, 5) is 20.8. The number of amides is 1. The fourth-order valence-corrected chi connectivity index (χ4v) is 4.57. The topological polar surface area (TPSA) is 95.1 Å². The smallest absolute Gasteiger partial charge is 0.243 e. The van der Waals surface area contributed by atoms with Crippen molar-refractivity contribution in [2.24, 2.45) is 0 Å². The van der Waals surface area contributed by atoms with E-state index in [9.17, 15) is 4.79 Å². The molecule has 1 aliphatic heterocycles. The minimum Gasteiger partial charge on any atom is -0.457 e. The van der Waals surface area contributed by atoms with Crippen molar-refractivity contribution in [1.29, 1.82) is 0 Å². The van der Waals surface area contributed by atoms with Crippen molar-refractivity contribution in [3.05, 3.63) is 79.3 Å². The van der Waals surface area contributed by atoms with Crippen molar-refractivity contribution >= 4 is 22.8 Å². The lowest BCUT2D eigenvalue weighted by molar-refractivity contribution is -0.118. The van der Waals surface area contributed by atoms with Crippen molar-refractivity contribution < 1.29 is 9.53 Å². The fourth-order valence-electron chi connectivity index (χ4n) is 4.57. The van der Waals surface area contributed by atoms with Gasteiger partial charge in [0.1, 0.15) is 29.3 Å². The van der Waals surface area contributed by atoms with E-state index in [1.807, 2.05) is 61.5 Å². The molecule has 3 heterocycles. The second-order valence-electron chi connectivity index (χ2n) is 8.56. The van der Waals surface area contributed by atoms with Gasteiger partial charge in [0.25, 0.3) is 0 Å². The summed E-state index contributed by atoms with van der Waals surface area (Å²) in [5.74, 6) is 1.81. The van der Waals surface area contributed by atoms with Gasteiger partial charge in [0.05, 0.1) is 10.9 Å². The zero-order valence-corrected chi connectivity index (χ0v) is 18.4. The molecule has 7 heteroatoms. The van der Waals surface area contributed by atoms with Crippen LogP contribution in [0.3, 0.4) is 0 Å². The number of nitrogens with two attached hydrogens (primary N) is 1. The minimum atomic E-state index is -0.408. The van der Waals surface area contributed by atoms with Gasteiger partial charge in [-0.1, -0.05) is 36.9 Å². The first-order valence-electron chi connectivity index (χ1n) is 10.9. The lowest BCUT2D eigenvalue weighted by Crippen LogP contribution is -2.51.